The van der Waals surface area contributed by atoms with Crippen LogP contribution in [0.1, 0.15) is 22.1 Å². The van der Waals surface area contributed by atoms with E-state index in [-0.39, 0.29) is 10.7 Å². The van der Waals surface area contributed by atoms with Crippen molar-refractivity contribution >= 4 is 23.3 Å². The standard InChI is InChI=1S/C17H20N4OS/c1-10-9-20-13(11(2)14(10)22-3)15-16(18)21(17(19)23-15)12-7-5-4-6-8-12/h4-9,15,17-18H,19H2,1-3H3. The summed E-state index contributed by atoms with van der Waals surface area (Å²) in [5.41, 5.74) is 9.70. The summed E-state index contributed by atoms with van der Waals surface area (Å²) in [6, 6.07) is 9.79. The van der Waals surface area contributed by atoms with Crippen molar-refractivity contribution < 1.29 is 4.74 Å². The van der Waals surface area contributed by atoms with Gasteiger partial charge in [0, 0.05) is 23.0 Å². The van der Waals surface area contributed by atoms with Crippen molar-refractivity contribution in [1.29, 1.82) is 5.41 Å². The van der Waals surface area contributed by atoms with Gasteiger partial charge in [-0.2, -0.15) is 0 Å². The highest BCUT2D eigenvalue weighted by atomic mass is 32.2. The van der Waals surface area contributed by atoms with Crippen molar-refractivity contribution in [2.45, 2.75) is 24.6 Å². The number of nitrogens with one attached hydrogen (secondary N) is 1. The Morgan fingerprint density at radius 3 is 2.61 bits per heavy atom. The molecule has 0 saturated carbocycles. The van der Waals surface area contributed by atoms with E-state index in [9.17, 15) is 0 Å². The highest BCUT2D eigenvalue weighted by Crippen LogP contribution is 2.44. The van der Waals surface area contributed by atoms with Crippen molar-refractivity contribution in [2.75, 3.05) is 12.0 Å². The summed E-state index contributed by atoms with van der Waals surface area (Å²) in [6.07, 6.45) is 1.80. The van der Waals surface area contributed by atoms with Gasteiger partial charge in [0.25, 0.3) is 0 Å². The summed E-state index contributed by atoms with van der Waals surface area (Å²) in [7, 11) is 1.66. The van der Waals surface area contributed by atoms with E-state index in [1.807, 2.05) is 49.1 Å². The SMILES string of the molecule is COc1c(C)cnc(C2SC(N)N(c3ccccc3)C2=N)c1C. The lowest BCUT2D eigenvalue weighted by atomic mass is 10.1. The van der Waals surface area contributed by atoms with Gasteiger partial charge in [-0.25, -0.2) is 0 Å². The van der Waals surface area contributed by atoms with Gasteiger partial charge >= 0.3 is 0 Å². The zero-order chi connectivity index (χ0) is 16.6. The minimum absolute atomic E-state index is 0.195. The first-order valence-corrected chi connectivity index (χ1v) is 8.32. The molecule has 1 aromatic carbocycles. The molecule has 3 N–H and O–H groups in total. The zero-order valence-electron chi connectivity index (χ0n) is 13.4. The van der Waals surface area contributed by atoms with Gasteiger partial charge in [-0.05, 0) is 26.0 Å². The highest BCUT2D eigenvalue weighted by Gasteiger charge is 2.39. The Kier molecular flexibility index (Phi) is 4.28. The highest BCUT2D eigenvalue weighted by molar-refractivity contribution is 8.01. The van der Waals surface area contributed by atoms with Gasteiger partial charge in [0.2, 0.25) is 0 Å². The quantitative estimate of drug-likeness (QED) is 0.905. The molecule has 1 fully saturated rings. The number of anilines is 1. The molecule has 1 aliphatic heterocycles. The summed E-state index contributed by atoms with van der Waals surface area (Å²) < 4.78 is 5.48. The molecule has 120 valence electrons. The lowest BCUT2D eigenvalue weighted by Crippen LogP contribution is -2.38. The van der Waals surface area contributed by atoms with Crippen LogP contribution in [0.15, 0.2) is 36.5 Å². The Balaban J connectivity index is 1.99. The minimum atomic E-state index is -0.302. The van der Waals surface area contributed by atoms with Crippen molar-refractivity contribution in [1.82, 2.24) is 4.98 Å². The van der Waals surface area contributed by atoms with E-state index in [1.165, 1.54) is 11.8 Å². The molecule has 23 heavy (non-hydrogen) atoms. The summed E-state index contributed by atoms with van der Waals surface area (Å²) in [5, 5.41) is 8.40. The maximum atomic E-state index is 8.59. The van der Waals surface area contributed by atoms with Crippen LogP contribution in [0.2, 0.25) is 0 Å². The third-order valence-corrected chi connectivity index (χ3v) is 5.21. The van der Waals surface area contributed by atoms with E-state index in [4.69, 9.17) is 15.9 Å². The molecule has 2 heterocycles. The van der Waals surface area contributed by atoms with Crippen molar-refractivity contribution in [2.24, 2.45) is 5.73 Å². The lowest BCUT2D eigenvalue weighted by Gasteiger charge is -2.22. The fourth-order valence-corrected chi connectivity index (χ4v) is 4.15. The fraction of sp³-hybridized carbons (Fsp3) is 0.294. The topological polar surface area (TPSA) is 75.2 Å². The first-order chi connectivity index (χ1) is 11.0. The van der Waals surface area contributed by atoms with Crippen LogP contribution >= 0.6 is 11.8 Å². The number of ether oxygens (including phenoxy) is 1. The molecule has 0 radical (unpaired) electrons. The van der Waals surface area contributed by atoms with Crippen LogP contribution in [0.4, 0.5) is 5.69 Å². The number of benzene rings is 1. The van der Waals surface area contributed by atoms with Gasteiger partial charge in [0.05, 0.1) is 12.8 Å². The molecule has 6 heteroatoms. The minimum Gasteiger partial charge on any atom is -0.496 e. The van der Waals surface area contributed by atoms with Gasteiger partial charge < -0.3 is 15.4 Å². The van der Waals surface area contributed by atoms with E-state index < -0.39 is 0 Å². The molecule has 0 bridgehead atoms. The monoisotopic (exact) mass is 328 g/mol. The summed E-state index contributed by atoms with van der Waals surface area (Å²) in [4.78, 5) is 6.41. The lowest BCUT2D eigenvalue weighted by molar-refractivity contribution is 0.407. The first kappa shape index (κ1) is 15.8. The predicted octanol–water partition coefficient (Wildman–Crippen LogP) is 3.22. The fourth-order valence-electron chi connectivity index (χ4n) is 2.91. The molecule has 3 rings (SSSR count). The third kappa shape index (κ3) is 2.68. The molecule has 2 aromatic rings. The molecule has 0 amide bonds. The van der Waals surface area contributed by atoms with Crippen LogP contribution in [0.3, 0.4) is 0 Å². The number of nitrogens with zero attached hydrogens (tertiary/aromatic N) is 2. The number of hydrogen-bond acceptors (Lipinski definition) is 5. The number of hydrogen-bond donors (Lipinski definition) is 2. The average molecular weight is 328 g/mol. The molecule has 0 spiro atoms. The van der Waals surface area contributed by atoms with Gasteiger partial charge in [-0.15, -0.1) is 11.8 Å². The van der Waals surface area contributed by atoms with E-state index in [2.05, 4.69) is 4.98 Å². The number of rotatable bonds is 3. The predicted molar refractivity (Wildman–Crippen MR) is 95.2 cm³/mol. The normalized spacial score (nSPS) is 20.9. The molecule has 0 aliphatic carbocycles. The molecule has 1 aliphatic rings. The Labute approximate surface area is 140 Å². The number of aryl methyl sites for hydroxylation is 1. The summed E-state index contributed by atoms with van der Waals surface area (Å²) in [5.74, 6) is 1.28. The largest absolute Gasteiger partial charge is 0.496 e. The Morgan fingerprint density at radius 1 is 1.26 bits per heavy atom. The van der Waals surface area contributed by atoms with Crippen LogP contribution in [0.25, 0.3) is 0 Å². The first-order valence-electron chi connectivity index (χ1n) is 7.38. The maximum absolute atomic E-state index is 8.59. The number of pyridine rings is 1. The second kappa shape index (κ2) is 6.22. The van der Waals surface area contributed by atoms with Crippen LogP contribution in [-0.4, -0.2) is 23.4 Å². The second-order valence-corrected chi connectivity index (χ2v) is 6.71. The van der Waals surface area contributed by atoms with E-state index in [1.54, 1.807) is 13.3 Å². The van der Waals surface area contributed by atoms with Crippen LogP contribution in [0.5, 0.6) is 5.75 Å². The van der Waals surface area contributed by atoms with E-state index in [0.29, 0.717) is 5.84 Å². The zero-order valence-corrected chi connectivity index (χ0v) is 14.2. The number of amidine groups is 1. The van der Waals surface area contributed by atoms with E-state index in [0.717, 1.165) is 28.3 Å². The molecule has 1 aromatic heterocycles. The molecule has 1 saturated heterocycles. The molecule has 5 nitrogen and oxygen atoms in total. The number of methoxy groups -OCH3 is 1. The smallest absolute Gasteiger partial charge is 0.132 e. The molecule has 2 atom stereocenters. The Hall–Kier alpha value is -2.05. The van der Waals surface area contributed by atoms with Gasteiger partial charge in [0.1, 0.15) is 22.3 Å². The molecule has 2 unspecified atom stereocenters. The average Bonchev–Trinajstić information content (AvgIpc) is 2.83. The van der Waals surface area contributed by atoms with Crippen LogP contribution < -0.4 is 15.4 Å². The number of thioether (sulfide) groups is 1. The van der Waals surface area contributed by atoms with Crippen molar-refractivity contribution in [3.8, 4) is 5.75 Å². The number of nitrogens with two attached hydrogens (primary N) is 1. The van der Waals surface area contributed by atoms with E-state index >= 15 is 0 Å². The Bertz CT molecular complexity index is 735. The second-order valence-electron chi connectivity index (χ2n) is 5.48. The summed E-state index contributed by atoms with van der Waals surface area (Å²) in [6.45, 7) is 3.95. The molecular formula is C17H20N4OS. The van der Waals surface area contributed by atoms with Crippen LogP contribution in [-0.2, 0) is 0 Å². The maximum Gasteiger partial charge on any atom is 0.132 e. The van der Waals surface area contributed by atoms with Crippen molar-refractivity contribution in [3.05, 3.63) is 53.3 Å². The third-order valence-electron chi connectivity index (χ3n) is 4.00. The van der Waals surface area contributed by atoms with Gasteiger partial charge in [-0.3, -0.25) is 10.4 Å². The summed E-state index contributed by atoms with van der Waals surface area (Å²) >= 11 is 1.53. The number of aromatic nitrogens is 1. The van der Waals surface area contributed by atoms with Gasteiger partial charge in [0.15, 0.2) is 0 Å². The molecular weight excluding hydrogens is 308 g/mol. The van der Waals surface area contributed by atoms with Crippen molar-refractivity contribution in [3.63, 3.8) is 0 Å². The number of para-hydroxylation sites is 1. The Morgan fingerprint density at radius 2 is 1.96 bits per heavy atom. The van der Waals surface area contributed by atoms with Crippen LogP contribution in [0, 0.1) is 19.3 Å². The van der Waals surface area contributed by atoms with Gasteiger partial charge in [-0.1, -0.05) is 18.2 Å².